The van der Waals surface area contributed by atoms with Crippen molar-refractivity contribution in [1.29, 1.82) is 0 Å². The van der Waals surface area contributed by atoms with Crippen LogP contribution in [0, 0.1) is 0 Å². The van der Waals surface area contributed by atoms with Crippen LogP contribution < -0.4 is 5.14 Å². The summed E-state index contributed by atoms with van der Waals surface area (Å²) < 4.78 is 23.1. The van der Waals surface area contributed by atoms with E-state index >= 15 is 0 Å². The van der Waals surface area contributed by atoms with Crippen LogP contribution in [-0.2, 0) is 16.4 Å². The Balaban J connectivity index is 2.29. The summed E-state index contributed by atoms with van der Waals surface area (Å²) >= 11 is 0. The van der Waals surface area contributed by atoms with Gasteiger partial charge in [0, 0.05) is 0 Å². The number of allylic oxidation sites excluding steroid dienone is 1. The minimum Gasteiger partial charge on any atom is -0.225 e. The maximum atomic E-state index is 11.6. The summed E-state index contributed by atoms with van der Waals surface area (Å²) in [6.07, 6.45) is 2.60. The van der Waals surface area contributed by atoms with Crippen molar-refractivity contribution in [2.24, 2.45) is 5.14 Å². The van der Waals surface area contributed by atoms with Gasteiger partial charge in [-0.05, 0) is 30.5 Å². The van der Waals surface area contributed by atoms with E-state index in [4.69, 9.17) is 5.14 Å². The largest absolute Gasteiger partial charge is 0.238 e. The molecule has 2 aromatic rings. The van der Waals surface area contributed by atoms with Crippen molar-refractivity contribution in [3.63, 3.8) is 0 Å². The van der Waals surface area contributed by atoms with Crippen LogP contribution in [0.4, 0.5) is 0 Å². The second-order valence-corrected chi connectivity index (χ2v) is 6.26. The molecule has 104 valence electrons. The molecule has 2 N–H and O–H groups in total. The van der Waals surface area contributed by atoms with Gasteiger partial charge in [0.25, 0.3) is 0 Å². The molecule has 4 heteroatoms. The molecule has 3 nitrogen and oxygen atoms in total. The lowest BCUT2D eigenvalue weighted by Gasteiger charge is -2.08. The summed E-state index contributed by atoms with van der Waals surface area (Å²) in [5.74, 6) is 0. The quantitative estimate of drug-likeness (QED) is 0.939. The fourth-order valence-electron chi connectivity index (χ4n) is 2.11. The third-order valence-electron chi connectivity index (χ3n) is 2.96. The van der Waals surface area contributed by atoms with Crippen LogP contribution in [0.25, 0.3) is 6.08 Å². The van der Waals surface area contributed by atoms with Crippen molar-refractivity contribution in [1.82, 2.24) is 0 Å². The summed E-state index contributed by atoms with van der Waals surface area (Å²) in [5.41, 5.74) is 2.89. The highest BCUT2D eigenvalue weighted by molar-refractivity contribution is 7.89. The molecule has 0 aliphatic carbocycles. The Morgan fingerprint density at radius 2 is 1.65 bits per heavy atom. The van der Waals surface area contributed by atoms with E-state index in [0.717, 1.165) is 16.7 Å². The molecule has 2 rings (SSSR count). The van der Waals surface area contributed by atoms with Crippen molar-refractivity contribution in [3.8, 4) is 0 Å². The molecular formula is C16H17NO2S. The van der Waals surface area contributed by atoms with Crippen LogP contribution in [-0.4, -0.2) is 8.42 Å². The summed E-state index contributed by atoms with van der Waals surface area (Å²) in [5, 5.41) is 5.24. The number of nitrogens with two attached hydrogens (primary N) is 1. The summed E-state index contributed by atoms with van der Waals surface area (Å²) in [6, 6.07) is 16.8. The van der Waals surface area contributed by atoms with E-state index in [9.17, 15) is 8.42 Å². The first-order valence-corrected chi connectivity index (χ1v) is 7.84. The van der Waals surface area contributed by atoms with Gasteiger partial charge in [-0.25, -0.2) is 13.6 Å². The Labute approximate surface area is 119 Å². The molecule has 0 amide bonds. The average molecular weight is 287 g/mol. The van der Waals surface area contributed by atoms with Gasteiger partial charge in [0.05, 0.1) is 4.90 Å². The topological polar surface area (TPSA) is 60.2 Å². The van der Waals surface area contributed by atoms with E-state index in [-0.39, 0.29) is 4.90 Å². The number of primary sulfonamides is 1. The first-order valence-electron chi connectivity index (χ1n) is 6.30. The van der Waals surface area contributed by atoms with Gasteiger partial charge in [0.2, 0.25) is 10.0 Å². The molecule has 0 spiro atoms. The zero-order valence-corrected chi connectivity index (χ0v) is 12.1. The van der Waals surface area contributed by atoms with Crippen molar-refractivity contribution < 1.29 is 8.42 Å². The first-order chi connectivity index (χ1) is 9.47. The Morgan fingerprint density at radius 1 is 1.05 bits per heavy atom. The van der Waals surface area contributed by atoms with Gasteiger partial charge in [-0.2, -0.15) is 0 Å². The van der Waals surface area contributed by atoms with Crippen LogP contribution in [0.3, 0.4) is 0 Å². The first kappa shape index (κ1) is 14.5. The molecule has 0 aliphatic heterocycles. The molecule has 0 saturated carbocycles. The Morgan fingerprint density at radius 3 is 2.30 bits per heavy atom. The van der Waals surface area contributed by atoms with Gasteiger partial charge in [-0.1, -0.05) is 60.2 Å². The van der Waals surface area contributed by atoms with Gasteiger partial charge >= 0.3 is 0 Å². The number of hydrogen-bond acceptors (Lipinski definition) is 2. The minimum atomic E-state index is -3.68. The van der Waals surface area contributed by atoms with Crippen molar-refractivity contribution >= 4 is 16.1 Å². The molecular weight excluding hydrogens is 270 g/mol. The fraction of sp³-hybridized carbons (Fsp3) is 0.125. The number of sulfonamides is 1. The van der Waals surface area contributed by atoms with Gasteiger partial charge in [0.15, 0.2) is 0 Å². The van der Waals surface area contributed by atoms with Gasteiger partial charge in [-0.3, -0.25) is 0 Å². The fourth-order valence-corrected chi connectivity index (χ4v) is 2.89. The van der Waals surface area contributed by atoms with Gasteiger partial charge < -0.3 is 0 Å². The highest BCUT2D eigenvalue weighted by Gasteiger charge is 2.12. The molecule has 0 heterocycles. The van der Waals surface area contributed by atoms with Crippen LogP contribution in [0.15, 0.2) is 65.1 Å². The molecule has 0 saturated heterocycles. The SMILES string of the molecule is CC(=Cc1ccccc1)Cc1ccccc1S(N)(=O)=O. The molecule has 0 aliphatic rings. The van der Waals surface area contributed by atoms with Gasteiger partial charge in [-0.15, -0.1) is 0 Å². The van der Waals surface area contributed by atoms with Gasteiger partial charge in [0.1, 0.15) is 0 Å². The molecule has 0 atom stereocenters. The molecule has 20 heavy (non-hydrogen) atoms. The highest BCUT2D eigenvalue weighted by Crippen LogP contribution is 2.18. The van der Waals surface area contributed by atoms with E-state index in [2.05, 4.69) is 0 Å². The lowest BCUT2D eigenvalue weighted by Crippen LogP contribution is -2.14. The average Bonchev–Trinajstić information content (AvgIpc) is 2.39. The van der Waals surface area contributed by atoms with Crippen LogP contribution >= 0.6 is 0 Å². The van der Waals surface area contributed by atoms with E-state index in [1.165, 1.54) is 0 Å². The van der Waals surface area contributed by atoms with Crippen molar-refractivity contribution in [2.45, 2.75) is 18.2 Å². The summed E-state index contributed by atoms with van der Waals surface area (Å²) in [6.45, 7) is 1.98. The lowest BCUT2D eigenvalue weighted by molar-refractivity contribution is 0.597. The van der Waals surface area contributed by atoms with Crippen molar-refractivity contribution in [2.75, 3.05) is 0 Å². The van der Waals surface area contributed by atoms with Crippen molar-refractivity contribution in [3.05, 3.63) is 71.3 Å². The highest BCUT2D eigenvalue weighted by atomic mass is 32.2. The monoisotopic (exact) mass is 287 g/mol. The number of hydrogen-bond donors (Lipinski definition) is 1. The van der Waals surface area contributed by atoms with E-state index in [1.54, 1.807) is 18.2 Å². The summed E-state index contributed by atoms with van der Waals surface area (Å²) in [4.78, 5) is 0.195. The number of benzene rings is 2. The van der Waals surface area contributed by atoms with E-state index < -0.39 is 10.0 Å². The number of rotatable bonds is 4. The molecule has 0 bridgehead atoms. The normalized spacial score (nSPS) is 12.4. The van der Waals surface area contributed by atoms with Crippen LogP contribution in [0.5, 0.6) is 0 Å². The smallest absolute Gasteiger partial charge is 0.225 e. The Hall–Kier alpha value is -1.91. The van der Waals surface area contributed by atoms with E-state index in [0.29, 0.717) is 6.42 Å². The zero-order chi connectivity index (χ0) is 14.6. The third-order valence-corrected chi connectivity index (χ3v) is 3.97. The molecule has 0 aromatic heterocycles. The maximum Gasteiger partial charge on any atom is 0.238 e. The third kappa shape index (κ3) is 3.79. The zero-order valence-electron chi connectivity index (χ0n) is 11.3. The molecule has 0 unspecified atom stereocenters. The second-order valence-electron chi connectivity index (χ2n) is 4.73. The predicted octanol–water partition coefficient (Wildman–Crippen LogP) is 2.98. The molecule has 0 radical (unpaired) electrons. The lowest BCUT2D eigenvalue weighted by atomic mass is 10.0. The van der Waals surface area contributed by atoms with Crippen LogP contribution in [0.1, 0.15) is 18.1 Å². The standard InChI is InChI=1S/C16H17NO2S/c1-13(11-14-7-3-2-4-8-14)12-15-9-5-6-10-16(15)20(17,18)19/h2-11H,12H2,1H3,(H2,17,18,19). The Kier molecular flexibility index (Phi) is 4.37. The predicted molar refractivity (Wildman–Crippen MR) is 81.6 cm³/mol. The Bertz CT molecular complexity index is 719. The molecule has 0 fully saturated rings. The van der Waals surface area contributed by atoms with Crippen LogP contribution in [0.2, 0.25) is 0 Å². The maximum absolute atomic E-state index is 11.6. The minimum absolute atomic E-state index is 0.195. The van der Waals surface area contributed by atoms with E-state index in [1.807, 2.05) is 49.4 Å². The second kappa shape index (κ2) is 6.03. The molecule has 2 aromatic carbocycles. The summed E-state index contributed by atoms with van der Waals surface area (Å²) in [7, 11) is -3.68.